The SMILES string of the molecule is O=S1(=O)CCCC(/C=C\CCO)C1. The van der Waals surface area contributed by atoms with Gasteiger partial charge < -0.3 is 5.11 Å². The van der Waals surface area contributed by atoms with E-state index in [0.717, 1.165) is 12.8 Å². The molecule has 0 bridgehead atoms. The highest BCUT2D eigenvalue weighted by Crippen LogP contribution is 2.19. The van der Waals surface area contributed by atoms with E-state index in [4.69, 9.17) is 5.11 Å². The minimum atomic E-state index is -2.78. The number of hydrogen-bond acceptors (Lipinski definition) is 3. The van der Waals surface area contributed by atoms with Crippen LogP contribution >= 0.6 is 0 Å². The van der Waals surface area contributed by atoms with E-state index in [1.807, 2.05) is 12.2 Å². The van der Waals surface area contributed by atoms with E-state index in [9.17, 15) is 8.42 Å². The first-order chi connectivity index (χ1) is 6.14. The number of allylic oxidation sites excluding steroid dienone is 1. The Hall–Kier alpha value is -0.350. The minimum Gasteiger partial charge on any atom is -0.396 e. The second-order valence-corrected chi connectivity index (χ2v) is 5.69. The zero-order chi connectivity index (χ0) is 9.73. The molecule has 0 aliphatic carbocycles. The van der Waals surface area contributed by atoms with E-state index in [-0.39, 0.29) is 18.3 Å². The van der Waals surface area contributed by atoms with Gasteiger partial charge in [0.05, 0.1) is 11.5 Å². The van der Waals surface area contributed by atoms with Crippen LogP contribution in [0, 0.1) is 5.92 Å². The van der Waals surface area contributed by atoms with Gasteiger partial charge in [0.2, 0.25) is 0 Å². The van der Waals surface area contributed by atoms with Gasteiger partial charge in [0.25, 0.3) is 0 Å². The van der Waals surface area contributed by atoms with Crippen molar-refractivity contribution >= 4 is 9.84 Å². The smallest absolute Gasteiger partial charge is 0.150 e. The first-order valence-electron chi connectivity index (χ1n) is 4.62. The zero-order valence-electron chi connectivity index (χ0n) is 7.65. The van der Waals surface area contributed by atoms with E-state index in [2.05, 4.69) is 0 Å². The van der Waals surface area contributed by atoms with Gasteiger partial charge in [0, 0.05) is 6.61 Å². The molecule has 0 aromatic rings. The molecule has 76 valence electrons. The van der Waals surface area contributed by atoms with E-state index >= 15 is 0 Å². The van der Waals surface area contributed by atoms with Crippen molar-refractivity contribution in [1.29, 1.82) is 0 Å². The lowest BCUT2D eigenvalue weighted by Crippen LogP contribution is -2.23. The van der Waals surface area contributed by atoms with Crippen LogP contribution < -0.4 is 0 Å². The fourth-order valence-corrected chi connectivity index (χ4v) is 3.28. The Labute approximate surface area is 79.4 Å². The van der Waals surface area contributed by atoms with Gasteiger partial charge in [-0.3, -0.25) is 0 Å². The van der Waals surface area contributed by atoms with Crippen LogP contribution in [0.4, 0.5) is 0 Å². The van der Waals surface area contributed by atoms with E-state index in [1.165, 1.54) is 0 Å². The molecule has 4 heteroatoms. The Kier molecular flexibility index (Phi) is 3.93. The second kappa shape index (κ2) is 4.77. The molecule has 1 fully saturated rings. The van der Waals surface area contributed by atoms with Crippen LogP contribution in [0.1, 0.15) is 19.3 Å². The molecular weight excluding hydrogens is 188 g/mol. The summed E-state index contributed by atoms with van der Waals surface area (Å²) in [5.74, 6) is 0.803. The fourth-order valence-electron chi connectivity index (χ4n) is 1.57. The van der Waals surface area contributed by atoms with Gasteiger partial charge in [0.1, 0.15) is 0 Å². The number of aliphatic hydroxyl groups excluding tert-OH is 1. The van der Waals surface area contributed by atoms with Gasteiger partial charge in [-0.1, -0.05) is 12.2 Å². The lowest BCUT2D eigenvalue weighted by Gasteiger charge is -2.18. The summed E-state index contributed by atoms with van der Waals surface area (Å²) in [5, 5.41) is 8.53. The average molecular weight is 204 g/mol. The van der Waals surface area contributed by atoms with Crippen molar-refractivity contribution in [1.82, 2.24) is 0 Å². The van der Waals surface area contributed by atoms with Crippen LogP contribution in [0.15, 0.2) is 12.2 Å². The third-order valence-corrected chi connectivity index (χ3v) is 4.05. The van der Waals surface area contributed by atoms with E-state index in [1.54, 1.807) is 0 Å². The molecule has 0 spiro atoms. The van der Waals surface area contributed by atoms with Crippen LogP contribution in [0.25, 0.3) is 0 Å². The van der Waals surface area contributed by atoms with Crippen LogP contribution in [0.3, 0.4) is 0 Å². The van der Waals surface area contributed by atoms with Gasteiger partial charge in [-0.25, -0.2) is 8.42 Å². The molecule has 1 N–H and O–H groups in total. The maximum atomic E-state index is 11.2. The largest absolute Gasteiger partial charge is 0.396 e. The standard InChI is InChI=1S/C9H16O3S/c10-6-2-1-4-9-5-3-7-13(11,12)8-9/h1,4,9-10H,2-3,5-8H2/b4-1-. The Morgan fingerprint density at radius 2 is 2.23 bits per heavy atom. The highest BCUT2D eigenvalue weighted by Gasteiger charge is 2.22. The molecule has 3 nitrogen and oxygen atoms in total. The predicted octanol–water partition coefficient (Wildman–Crippen LogP) is 0.750. The van der Waals surface area contributed by atoms with Gasteiger partial charge in [-0.05, 0) is 25.2 Å². The Morgan fingerprint density at radius 1 is 1.46 bits per heavy atom. The normalized spacial score (nSPS) is 27.9. The molecule has 1 heterocycles. The van der Waals surface area contributed by atoms with E-state index < -0.39 is 9.84 Å². The van der Waals surface area contributed by atoms with Crippen molar-refractivity contribution in [3.05, 3.63) is 12.2 Å². The summed E-state index contributed by atoms with van der Waals surface area (Å²) in [6, 6.07) is 0. The summed E-state index contributed by atoms with van der Waals surface area (Å²) in [7, 11) is -2.78. The van der Waals surface area contributed by atoms with Crippen molar-refractivity contribution in [2.75, 3.05) is 18.1 Å². The molecule has 0 radical (unpaired) electrons. The van der Waals surface area contributed by atoms with Crippen LogP contribution in [0.2, 0.25) is 0 Å². The first kappa shape index (κ1) is 10.7. The quantitative estimate of drug-likeness (QED) is 0.690. The Morgan fingerprint density at radius 3 is 2.85 bits per heavy atom. The molecule has 1 saturated heterocycles. The lowest BCUT2D eigenvalue weighted by atomic mass is 10.0. The van der Waals surface area contributed by atoms with Crippen LogP contribution in [-0.2, 0) is 9.84 Å². The summed E-state index contributed by atoms with van der Waals surface area (Å²) in [6.45, 7) is 0.135. The number of hydrogen-bond donors (Lipinski definition) is 1. The first-order valence-corrected chi connectivity index (χ1v) is 6.44. The molecule has 13 heavy (non-hydrogen) atoms. The van der Waals surface area contributed by atoms with Crippen molar-refractivity contribution in [3.8, 4) is 0 Å². The van der Waals surface area contributed by atoms with Crippen molar-refractivity contribution in [2.24, 2.45) is 5.92 Å². The fraction of sp³-hybridized carbons (Fsp3) is 0.778. The van der Waals surface area contributed by atoms with Gasteiger partial charge in [-0.2, -0.15) is 0 Å². The molecule has 1 atom stereocenters. The molecule has 0 aromatic carbocycles. The molecule has 0 aromatic heterocycles. The Balaban J connectivity index is 2.43. The summed E-state index contributed by atoms with van der Waals surface area (Å²) < 4.78 is 22.4. The highest BCUT2D eigenvalue weighted by molar-refractivity contribution is 7.91. The molecule has 1 rings (SSSR count). The lowest BCUT2D eigenvalue weighted by molar-refractivity contribution is 0.302. The summed E-state index contributed by atoms with van der Waals surface area (Å²) >= 11 is 0. The van der Waals surface area contributed by atoms with Gasteiger partial charge in [0.15, 0.2) is 9.84 Å². The molecule has 0 amide bonds. The van der Waals surface area contributed by atoms with Crippen molar-refractivity contribution in [2.45, 2.75) is 19.3 Å². The van der Waals surface area contributed by atoms with Crippen LogP contribution in [0.5, 0.6) is 0 Å². The molecule has 0 saturated carbocycles. The minimum absolute atomic E-state index is 0.135. The maximum absolute atomic E-state index is 11.2. The Bertz CT molecular complexity index is 267. The summed E-state index contributed by atoms with van der Waals surface area (Å²) in [5.41, 5.74) is 0. The summed E-state index contributed by atoms with van der Waals surface area (Å²) in [6.07, 6.45) is 6.15. The maximum Gasteiger partial charge on any atom is 0.150 e. The van der Waals surface area contributed by atoms with Crippen molar-refractivity contribution < 1.29 is 13.5 Å². The van der Waals surface area contributed by atoms with Crippen molar-refractivity contribution in [3.63, 3.8) is 0 Å². The number of sulfone groups is 1. The molecule has 1 unspecified atom stereocenters. The zero-order valence-corrected chi connectivity index (χ0v) is 8.46. The monoisotopic (exact) mass is 204 g/mol. The molecular formula is C9H16O3S. The molecule has 1 aliphatic rings. The predicted molar refractivity (Wildman–Crippen MR) is 52.2 cm³/mol. The van der Waals surface area contributed by atoms with Gasteiger partial charge in [-0.15, -0.1) is 0 Å². The average Bonchev–Trinajstić information content (AvgIpc) is 2.03. The molecule has 1 aliphatic heterocycles. The second-order valence-electron chi connectivity index (χ2n) is 3.46. The highest BCUT2D eigenvalue weighted by atomic mass is 32.2. The third kappa shape index (κ3) is 3.91. The topological polar surface area (TPSA) is 54.4 Å². The number of rotatable bonds is 3. The van der Waals surface area contributed by atoms with Gasteiger partial charge >= 0.3 is 0 Å². The number of aliphatic hydroxyl groups is 1. The third-order valence-electron chi connectivity index (χ3n) is 2.20. The van der Waals surface area contributed by atoms with E-state index in [0.29, 0.717) is 12.2 Å². The summed E-state index contributed by atoms with van der Waals surface area (Å²) in [4.78, 5) is 0. The van der Waals surface area contributed by atoms with Crippen LogP contribution in [-0.4, -0.2) is 31.6 Å².